The Morgan fingerprint density at radius 1 is 1.06 bits per heavy atom. The summed E-state index contributed by atoms with van der Waals surface area (Å²) in [5.74, 6) is -1.06. The average molecular weight is 272 g/mol. The highest BCUT2D eigenvalue weighted by atomic mass is 35.5. The van der Waals surface area contributed by atoms with Gasteiger partial charge in [-0.2, -0.15) is 22.0 Å². The van der Waals surface area contributed by atoms with Crippen LogP contribution in [0.1, 0.15) is 11.4 Å². The van der Waals surface area contributed by atoms with E-state index in [-0.39, 0.29) is 5.65 Å². The molecule has 0 aliphatic carbocycles. The van der Waals surface area contributed by atoms with Crippen LogP contribution in [0.3, 0.4) is 0 Å². The van der Waals surface area contributed by atoms with E-state index >= 15 is 0 Å². The largest absolute Gasteiger partial charge is 0.417 e. The third-order valence-electron chi connectivity index (χ3n) is 1.98. The van der Waals surface area contributed by atoms with Crippen molar-refractivity contribution in [2.24, 2.45) is 0 Å². The van der Waals surface area contributed by atoms with Crippen molar-refractivity contribution in [3.63, 3.8) is 0 Å². The van der Waals surface area contributed by atoms with Crippen molar-refractivity contribution < 1.29 is 22.0 Å². The lowest BCUT2D eigenvalue weighted by molar-refractivity contribution is -0.137. The molecule has 0 aromatic carbocycles. The first kappa shape index (κ1) is 12.0. The van der Waals surface area contributed by atoms with Gasteiger partial charge in [-0.25, -0.2) is 0 Å². The number of fused-ring (bicyclic) bond motifs is 1. The number of nitrogens with zero attached hydrogens (tertiary/aromatic N) is 3. The summed E-state index contributed by atoms with van der Waals surface area (Å²) in [6.45, 7) is 0. The van der Waals surface area contributed by atoms with Crippen LogP contribution in [0, 0.1) is 0 Å². The predicted octanol–water partition coefficient (Wildman–Crippen LogP) is 3.04. The number of rotatable bonds is 1. The van der Waals surface area contributed by atoms with E-state index in [1.165, 1.54) is 0 Å². The van der Waals surface area contributed by atoms with E-state index in [1.54, 1.807) is 0 Å². The molecular weight excluding hydrogens is 269 g/mol. The van der Waals surface area contributed by atoms with Gasteiger partial charge in [0, 0.05) is 6.20 Å². The van der Waals surface area contributed by atoms with Crippen LogP contribution in [0.5, 0.6) is 0 Å². The van der Waals surface area contributed by atoms with Crippen molar-refractivity contribution >= 4 is 17.2 Å². The Labute approximate surface area is 95.8 Å². The number of hydrogen-bond acceptors (Lipinski definition) is 2. The highest BCUT2D eigenvalue weighted by Gasteiger charge is 2.36. The first-order valence-electron chi connectivity index (χ1n) is 4.19. The summed E-state index contributed by atoms with van der Waals surface area (Å²) in [5.41, 5.74) is -1.24. The molecule has 0 aliphatic heterocycles. The van der Waals surface area contributed by atoms with E-state index in [0.717, 1.165) is 12.1 Å². The van der Waals surface area contributed by atoms with Gasteiger partial charge in [-0.1, -0.05) is 0 Å². The van der Waals surface area contributed by atoms with Gasteiger partial charge >= 0.3 is 11.6 Å². The first-order chi connectivity index (χ1) is 7.69. The number of halogens is 6. The molecule has 0 bridgehead atoms. The van der Waals surface area contributed by atoms with Crippen molar-refractivity contribution in [2.75, 3.05) is 0 Å². The molecule has 2 rings (SSSR count). The lowest BCUT2D eigenvalue weighted by Gasteiger charge is -2.09. The number of pyridine rings is 1. The molecule has 0 spiro atoms. The van der Waals surface area contributed by atoms with Gasteiger partial charge < -0.3 is 0 Å². The lowest BCUT2D eigenvalue weighted by Crippen LogP contribution is -2.12. The number of aromatic nitrogens is 3. The monoisotopic (exact) mass is 271 g/mol. The zero-order valence-corrected chi connectivity index (χ0v) is 8.60. The van der Waals surface area contributed by atoms with Gasteiger partial charge in [-0.15, -0.1) is 10.2 Å². The van der Waals surface area contributed by atoms with Crippen molar-refractivity contribution in [1.82, 2.24) is 14.6 Å². The quantitative estimate of drug-likeness (QED) is 0.589. The summed E-state index contributed by atoms with van der Waals surface area (Å²) in [5, 5.41) is 2.46. The highest BCUT2D eigenvalue weighted by Crippen LogP contribution is 2.33. The molecule has 17 heavy (non-hydrogen) atoms. The Morgan fingerprint density at radius 3 is 2.24 bits per heavy atom. The molecule has 92 valence electrons. The molecule has 0 atom stereocenters. The van der Waals surface area contributed by atoms with Crippen LogP contribution in [-0.4, -0.2) is 14.6 Å². The second-order valence-corrected chi connectivity index (χ2v) is 3.64. The molecule has 0 fully saturated rings. The maximum atomic E-state index is 12.8. The molecule has 0 N–H and O–H groups in total. The van der Waals surface area contributed by atoms with E-state index in [1.807, 2.05) is 0 Å². The molecule has 0 aliphatic rings. The summed E-state index contributed by atoms with van der Waals surface area (Å²) in [7, 11) is 0. The van der Waals surface area contributed by atoms with E-state index in [9.17, 15) is 22.0 Å². The van der Waals surface area contributed by atoms with Crippen molar-refractivity contribution in [3.8, 4) is 0 Å². The smallest absolute Gasteiger partial charge is 0.280 e. The fourth-order valence-corrected chi connectivity index (χ4v) is 1.38. The summed E-state index contributed by atoms with van der Waals surface area (Å²) in [4.78, 5) is 0. The van der Waals surface area contributed by atoms with Gasteiger partial charge in [0.25, 0.3) is 0 Å². The van der Waals surface area contributed by atoms with E-state index < -0.39 is 22.9 Å². The summed E-state index contributed by atoms with van der Waals surface area (Å²) in [6.07, 6.45) is -4.17. The standard InChI is InChI=1S/C8H3ClF5N3/c9-7(10,11)6-16-15-5-2-1-4(3-17(5)6)8(12,13)14/h1-3H. The minimum atomic E-state index is -4.64. The van der Waals surface area contributed by atoms with Gasteiger partial charge in [-0.3, -0.25) is 4.40 Å². The van der Waals surface area contributed by atoms with E-state index in [0.29, 0.717) is 10.6 Å². The van der Waals surface area contributed by atoms with Crippen LogP contribution in [0.2, 0.25) is 0 Å². The molecule has 2 aromatic heterocycles. The van der Waals surface area contributed by atoms with Gasteiger partial charge in [0.15, 0.2) is 5.65 Å². The summed E-state index contributed by atoms with van der Waals surface area (Å²) in [6, 6.07) is 1.65. The van der Waals surface area contributed by atoms with Gasteiger partial charge in [0.2, 0.25) is 5.82 Å². The van der Waals surface area contributed by atoms with Crippen molar-refractivity contribution in [3.05, 3.63) is 29.7 Å². The summed E-state index contributed by atoms with van der Waals surface area (Å²) < 4.78 is 63.3. The molecule has 0 radical (unpaired) electrons. The fourth-order valence-electron chi connectivity index (χ4n) is 1.25. The lowest BCUT2D eigenvalue weighted by atomic mass is 10.3. The zero-order valence-electron chi connectivity index (χ0n) is 7.84. The first-order valence-corrected chi connectivity index (χ1v) is 4.56. The average Bonchev–Trinajstić information content (AvgIpc) is 2.57. The van der Waals surface area contributed by atoms with Crippen LogP contribution >= 0.6 is 11.6 Å². The van der Waals surface area contributed by atoms with E-state index in [2.05, 4.69) is 10.2 Å². The zero-order chi connectivity index (χ0) is 12.8. The highest BCUT2D eigenvalue weighted by molar-refractivity contribution is 6.21. The molecule has 0 unspecified atom stereocenters. The SMILES string of the molecule is FC(F)(F)c1ccc2nnc(C(F)(F)Cl)n2c1. The summed E-state index contributed by atoms with van der Waals surface area (Å²) >= 11 is 4.71. The Hall–Kier alpha value is -1.44. The molecule has 2 aromatic rings. The second-order valence-electron chi connectivity index (χ2n) is 3.17. The third kappa shape index (κ3) is 2.17. The van der Waals surface area contributed by atoms with Crippen LogP contribution in [0.4, 0.5) is 22.0 Å². The molecule has 0 saturated heterocycles. The van der Waals surface area contributed by atoms with Crippen molar-refractivity contribution in [1.29, 1.82) is 0 Å². The topological polar surface area (TPSA) is 30.2 Å². The van der Waals surface area contributed by atoms with E-state index in [4.69, 9.17) is 11.6 Å². The Morgan fingerprint density at radius 2 is 1.71 bits per heavy atom. The Kier molecular flexibility index (Phi) is 2.49. The Balaban J connectivity index is 2.67. The van der Waals surface area contributed by atoms with Gasteiger partial charge in [-0.05, 0) is 23.7 Å². The number of hydrogen-bond donors (Lipinski definition) is 0. The minimum absolute atomic E-state index is 0.145. The normalized spacial score (nSPS) is 13.3. The molecule has 9 heteroatoms. The van der Waals surface area contributed by atoms with Gasteiger partial charge in [0.1, 0.15) is 0 Å². The Bertz CT molecular complexity index is 556. The molecule has 2 heterocycles. The third-order valence-corrected chi connectivity index (χ3v) is 2.15. The van der Waals surface area contributed by atoms with Gasteiger partial charge in [0.05, 0.1) is 5.56 Å². The van der Waals surface area contributed by atoms with Crippen molar-refractivity contribution in [2.45, 2.75) is 11.6 Å². The predicted molar refractivity (Wildman–Crippen MR) is 47.7 cm³/mol. The molecule has 0 amide bonds. The molecule has 0 saturated carbocycles. The fraction of sp³-hybridized carbons (Fsp3) is 0.250. The maximum absolute atomic E-state index is 12.8. The van der Waals surface area contributed by atoms with Crippen LogP contribution < -0.4 is 0 Å². The molecule has 3 nitrogen and oxygen atoms in total. The van der Waals surface area contributed by atoms with Crippen LogP contribution in [-0.2, 0) is 11.6 Å². The second kappa shape index (κ2) is 3.52. The molecular formula is C8H3ClF5N3. The minimum Gasteiger partial charge on any atom is -0.280 e. The maximum Gasteiger partial charge on any atom is 0.417 e. The van der Waals surface area contributed by atoms with Crippen LogP contribution in [0.15, 0.2) is 18.3 Å². The van der Waals surface area contributed by atoms with Crippen LogP contribution in [0.25, 0.3) is 5.65 Å². The number of alkyl halides is 6.